The molecule has 0 fully saturated rings. The zero-order chi connectivity index (χ0) is 19.1. The van der Waals surface area contributed by atoms with Gasteiger partial charge in [-0.2, -0.15) is 0 Å². The minimum absolute atomic E-state index is 0.142. The van der Waals surface area contributed by atoms with Crippen LogP contribution < -0.4 is 4.74 Å². The van der Waals surface area contributed by atoms with Crippen LogP contribution in [-0.2, 0) is 6.61 Å². The van der Waals surface area contributed by atoms with Crippen LogP contribution in [0.25, 0.3) is 28.1 Å². The van der Waals surface area contributed by atoms with Crippen LogP contribution in [-0.4, -0.2) is 19.6 Å². The monoisotopic (exact) mass is 394 g/mol. The van der Waals surface area contributed by atoms with Gasteiger partial charge >= 0.3 is 0 Å². The van der Waals surface area contributed by atoms with E-state index in [1.165, 1.54) is 18.2 Å². The Hall–Kier alpha value is -3.45. The lowest BCUT2D eigenvalue weighted by Crippen LogP contribution is -1.94. The maximum atomic E-state index is 13.1. The van der Waals surface area contributed by atoms with Gasteiger partial charge < -0.3 is 9.15 Å². The normalized spacial score (nSPS) is 11.4. The van der Waals surface area contributed by atoms with Crippen molar-refractivity contribution in [1.29, 1.82) is 0 Å². The van der Waals surface area contributed by atoms with Crippen LogP contribution >= 0.6 is 11.6 Å². The Kier molecular flexibility index (Phi) is 3.95. The largest absolute Gasteiger partial charge is 0.484 e. The number of ether oxygens (including phenoxy) is 1. The first-order valence-corrected chi connectivity index (χ1v) is 8.82. The second-order valence-electron chi connectivity index (χ2n) is 6.09. The number of hydrogen-bond acceptors (Lipinski definition) is 5. The third kappa shape index (κ3) is 2.95. The highest BCUT2D eigenvalue weighted by molar-refractivity contribution is 6.32. The summed E-state index contributed by atoms with van der Waals surface area (Å²) in [6.07, 6.45) is 1.62. The zero-order valence-corrected chi connectivity index (χ0v) is 15.1. The number of furan rings is 1. The van der Waals surface area contributed by atoms with Crippen LogP contribution in [0.4, 0.5) is 4.39 Å². The molecule has 0 unspecified atom stereocenters. The van der Waals surface area contributed by atoms with Crippen LogP contribution in [0.15, 0.2) is 65.3 Å². The first kappa shape index (κ1) is 16.7. The predicted molar refractivity (Wildman–Crippen MR) is 102 cm³/mol. The molecule has 3 heterocycles. The number of benzene rings is 2. The Bertz CT molecular complexity index is 1310. The van der Waals surface area contributed by atoms with E-state index < -0.39 is 5.82 Å². The number of hydrogen-bond donors (Lipinski definition) is 0. The molecular weight excluding hydrogens is 383 g/mol. The summed E-state index contributed by atoms with van der Waals surface area (Å²) in [7, 11) is 0. The molecule has 0 amide bonds. The fourth-order valence-corrected chi connectivity index (χ4v) is 3.12. The molecule has 5 aromatic rings. The highest BCUT2D eigenvalue weighted by Gasteiger charge is 2.14. The average molecular weight is 395 g/mol. The Balaban J connectivity index is 1.42. The first-order valence-electron chi connectivity index (χ1n) is 8.44. The average Bonchev–Trinajstić information content (AvgIpc) is 3.34. The molecule has 6 nitrogen and oxygen atoms in total. The molecule has 0 bridgehead atoms. The summed E-state index contributed by atoms with van der Waals surface area (Å²) in [5, 5.41) is 5.54. The third-order valence-corrected chi connectivity index (χ3v) is 4.52. The van der Waals surface area contributed by atoms with Crippen molar-refractivity contribution in [2.24, 2.45) is 0 Å². The van der Waals surface area contributed by atoms with Gasteiger partial charge in [-0.05, 0) is 42.5 Å². The van der Waals surface area contributed by atoms with E-state index in [0.717, 1.165) is 10.9 Å². The van der Waals surface area contributed by atoms with E-state index >= 15 is 0 Å². The third-order valence-electron chi connectivity index (χ3n) is 4.23. The Labute approximate surface area is 163 Å². The molecule has 28 heavy (non-hydrogen) atoms. The topological polar surface area (TPSA) is 65.5 Å². The molecule has 0 aliphatic heterocycles. The summed E-state index contributed by atoms with van der Waals surface area (Å²) in [6, 6.07) is 15.2. The van der Waals surface area contributed by atoms with Crippen molar-refractivity contribution in [2.45, 2.75) is 6.61 Å². The minimum Gasteiger partial charge on any atom is -0.484 e. The van der Waals surface area contributed by atoms with Gasteiger partial charge in [-0.3, -0.25) is 0 Å². The number of fused-ring (bicyclic) bond motifs is 3. The molecule has 138 valence electrons. The summed E-state index contributed by atoms with van der Waals surface area (Å²) < 4.78 is 26.1. The van der Waals surface area contributed by atoms with Crippen LogP contribution in [0.1, 0.15) is 5.76 Å². The molecule has 8 heteroatoms. The molecule has 0 radical (unpaired) electrons. The number of aromatic nitrogens is 4. The number of halogens is 2. The predicted octanol–water partition coefficient (Wildman–Crippen LogP) is 4.91. The zero-order valence-electron chi connectivity index (χ0n) is 14.3. The molecule has 2 aromatic carbocycles. The second kappa shape index (κ2) is 6.61. The molecule has 5 rings (SSSR count). The van der Waals surface area contributed by atoms with E-state index in [1.54, 1.807) is 23.0 Å². The summed E-state index contributed by atoms with van der Waals surface area (Å²) in [5.41, 5.74) is 1.55. The Morgan fingerprint density at radius 2 is 2.00 bits per heavy atom. The summed E-state index contributed by atoms with van der Waals surface area (Å²) in [5.74, 6) is 1.49. The van der Waals surface area contributed by atoms with Gasteiger partial charge in [-0.1, -0.05) is 23.7 Å². The molecular formula is C20H12ClFN4O2. The van der Waals surface area contributed by atoms with Crippen molar-refractivity contribution in [2.75, 3.05) is 0 Å². The fourth-order valence-electron chi connectivity index (χ4n) is 2.90. The Morgan fingerprint density at radius 3 is 2.89 bits per heavy atom. The molecule has 0 aliphatic carbocycles. The lowest BCUT2D eigenvalue weighted by Gasteiger charge is -2.05. The van der Waals surface area contributed by atoms with E-state index in [4.69, 9.17) is 20.8 Å². The van der Waals surface area contributed by atoms with Crippen molar-refractivity contribution < 1.29 is 13.5 Å². The van der Waals surface area contributed by atoms with Gasteiger partial charge in [-0.25, -0.2) is 18.9 Å². The lowest BCUT2D eigenvalue weighted by molar-refractivity contribution is 0.271. The molecule has 0 aliphatic rings. The fraction of sp³-hybridized carbons (Fsp3) is 0.0500. The van der Waals surface area contributed by atoms with Crippen molar-refractivity contribution in [3.8, 4) is 17.3 Å². The van der Waals surface area contributed by atoms with Crippen LogP contribution in [0.3, 0.4) is 0 Å². The highest BCUT2D eigenvalue weighted by Crippen LogP contribution is 2.27. The molecule has 0 N–H and O–H groups in total. The van der Waals surface area contributed by atoms with Crippen molar-refractivity contribution in [3.63, 3.8) is 0 Å². The molecule has 0 saturated carbocycles. The number of rotatable bonds is 4. The van der Waals surface area contributed by atoms with Gasteiger partial charge in [0.1, 0.15) is 30.3 Å². The van der Waals surface area contributed by atoms with Gasteiger partial charge in [0.05, 0.1) is 10.5 Å². The molecule has 0 atom stereocenters. The van der Waals surface area contributed by atoms with Gasteiger partial charge in [0.15, 0.2) is 11.4 Å². The maximum Gasteiger partial charge on any atom is 0.217 e. The first-order chi connectivity index (χ1) is 13.7. The van der Waals surface area contributed by atoms with E-state index in [9.17, 15) is 4.39 Å². The number of para-hydroxylation sites is 1. The van der Waals surface area contributed by atoms with Crippen molar-refractivity contribution in [1.82, 2.24) is 19.6 Å². The van der Waals surface area contributed by atoms with Crippen molar-refractivity contribution in [3.05, 3.63) is 77.5 Å². The molecule has 0 saturated heterocycles. The van der Waals surface area contributed by atoms with Crippen LogP contribution in [0, 0.1) is 5.82 Å². The van der Waals surface area contributed by atoms with E-state index in [2.05, 4.69) is 15.1 Å². The Morgan fingerprint density at radius 1 is 1.11 bits per heavy atom. The maximum absolute atomic E-state index is 13.1. The van der Waals surface area contributed by atoms with Gasteiger partial charge in [0.2, 0.25) is 5.82 Å². The lowest BCUT2D eigenvalue weighted by atomic mass is 10.2. The van der Waals surface area contributed by atoms with Crippen molar-refractivity contribution >= 4 is 28.2 Å². The minimum atomic E-state index is -0.419. The molecule has 0 spiro atoms. The van der Waals surface area contributed by atoms with Gasteiger partial charge in [0, 0.05) is 5.39 Å². The summed E-state index contributed by atoms with van der Waals surface area (Å²) in [4.78, 5) is 8.95. The quantitative estimate of drug-likeness (QED) is 0.433. The van der Waals surface area contributed by atoms with Gasteiger partial charge in [0.25, 0.3) is 0 Å². The van der Waals surface area contributed by atoms with E-state index in [-0.39, 0.29) is 11.6 Å². The molecule has 3 aromatic heterocycles. The summed E-state index contributed by atoms with van der Waals surface area (Å²) >= 11 is 5.97. The van der Waals surface area contributed by atoms with E-state index in [0.29, 0.717) is 28.7 Å². The van der Waals surface area contributed by atoms with E-state index in [1.807, 2.05) is 24.3 Å². The standard InChI is InChI=1S/C20H12ClFN4O2/c21-15-9-12(22)5-7-17(15)27-10-13-6-8-18(28-13)19-24-20-14-3-1-2-4-16(14)23-11-26(20)25-19/h1-9,11H,10H2. The van der Waals surface area contributed by atoms with Crippen LogP contribution in [0.5, 0.6) is 5.75 Å². The summed E-state index contributed by atoms with van der Waals surface area (Å²) in [6.45, 7) is 0.142. The smallest absolute Gasteiger partial charge is 0.217 e. The highest BCUT2D eigenvalue weighted by atomic mass is 35.5. The second-order valence-corrected chi connectivity index (χ2v) is 6.50. The van der Waals surface area contributed by atoms with Gasteiger partial charge in [-0.15, -0.1) is 5.10 Å². The van der Waals surface area contributed by atoms with Crippen LogP contribution in [0.2, 0.25) is 5.02 Å². The SMILES string of the molecule is Fc1ccc(OCc2ccc(-c3nc4c5ccccc5ncn4n3)o2)c(Cl)c1. The number of nitrogens with zero attached hydrogens (tertiary/aromatic N) is 4.